The van der Waals surface area contributed by atoms with Crippen molar-refractivity contribution in [3.05, 3.63) is 52.5 Å². The Morgan fingerprint density at radius 3 is 2.40 bits per heavy atom. The third-order valence-corrected chi connectivity index (χ3v) is 5.20. The fourth-order valence-corrected chi connectivity index (χ4v) is 3.30. The first kappa shape index (κ1) is 18.1. The Labute approximate surface area is 160 Å². The third kappa shape index (κ3) is 5.39. The summed E-state index contributed by atoms with van der Waals surface area (Å²) in [6, 6.07) is 12.4. The number of benzene rings is 2. The number of nitrogens with one attached hydrogen (secondary N) is 2. The van der Waals surface area contributed by atoms with E-state index in [1.165, 1.54) is 11.8 Å². The van der Waals surface area contributed by atoms with Gasteiger partial charge in [-0.3, -0.25) is 9.59 Å². The lowest BCUT2D eigenvalue weighted by Crippen LogP contribution is -2.14. The molecule has 2 N–H and O–H groups in total. The molecule has 0 atom stereocenters. The molecular weight excluding hydrogens is 379 g/mol. The fourth-order valence-electron chi connectivity index (χ4n) is 2.15. The van der Waals surface area contributed by atoms with Gasteiger partial charge in [-0.05, 0) is 55.3 Å². The number of anilines is 2. The summed E-state index contributed by atoms with van der Waals surface area (Å²) >= 11 is 13.3. The van der Waals surface area contributed by atoms with E-state index in [4.69, 9.17) is 23.2 Å². The van der Waals surface area contributed by atoms with Gasteiger partial charge in [0, 0.05) is 21.5 Å². The highest BCUT2D eigenvalue weighted by Crippen LogP contribution is 2.30. The van der Waals surface area contributed by atoms with Crippen LogP contribution in [0.3, 0.4) is 0 Å². The lowest BCUT2D eigenvalue weighted by molar-refractivity contribution is -0.117. The smallest absolute Gasteiger partial charge is 0.234 e. The van der Waals surface area contributed by atoms with Gasteiger partial charge in [0.25, 0.3) is 0 Å². The summed E-state index contributed by atoms with van der Waals surface area (Å²) in [5.41, 5.74) is 1.31. The van der Waals surface area contributed by atoms with Crippen LogP contribution in [0.15, 0.2) is 47.4 Å². The largest absolute Gasteiger partial charge is 0.326 e. The number of hydrogen-bond donors (Lipinski definition) is 2. The maximum atomic E-state index is 12.0. The molecule has 2 amide bonds. The summed E-state index contributed by atoms with van der Waals surface area (Å²) in [4.78, 5) is 24.7. The molecule has 0 bridgehead atoms. The van der Waals surface area contributed by atoms with Gasteiger partial charge in [0.05, 0.1) is 16.5 Å². The van der Waals surface area contributed by atoms with Crippen molar-refractivity contribution in [2.45, 2.75) is 17.7 Å². The SMILES string of the molecule is O=C(CSc1ccc(NC(=O)C2CC2)cc1)Nc1ccc(Cl)cc1Cl. The molecule has 130 valence electrons. The predicted octanol–water partition coefficient (Wildman–Crippen LogP) is 5.07. The topological polar surface area (TPSA) is 58.2 Å². The number of hydrogen-bond acceptors (Lipinski definition) is 3. The van der Waals surface area contributed by atoms with Crippen LogP contribution in [0.1, 0.15) is 12.8 Å². The number of carbonyl (C=O) groups is 2. The van der Waals surface area contributed by atoms with Crippen molar-refractivity contribution in [3.63, 3.8) is 0 Å². The molecule has 0 aromatic heterocycles. The number of halogens is 2. The van der Waals surface area contributed by atoms with Gasteiger partial charge in [-0.2, -0.15) is 0 Å². The van der Waals surface area contributed by atoms with E-state index in [9.17, 15) is 9.59 Å². The first-order valence-corrected chi connectivity index (χ1v) is 9.54. The van der Waals surface area contributed by atoms with Crippen molar-refractivity contribution in [3.8, 4) is 0 Å². The van der Waals surface area contributed by atoms with Crippen LogP contribution >= 0.6 is 35.0 Å². The number of rotatable bonds is 6. The Morgan fingerprint density at radius 1 is 1.04 bits per heavy atom. The summed E-state index contributed by atoms with van der Waals surface area (Å²) in [6.07, 6.45) is 1.96. The molecule has 1 aliphatic rings. The molecule has 0 unspecified atom stereocenters. The first-order valence-electron chi connectivity index (χ1n) is 7.80. The molecule has 1 aliphatic carbocycles. The minimum Gasteiger partial charge on any atom is -0.326 e. The minimum absolute atomic E-state index is 0.0830. The minimum atomic E-state index is -0.152. The van der Waals surface area contributed by atoms with Crippen LogP contribution < -0.4 is 10.6 Å². The second-order valence-corrected chi connectivity index (χ2v) is 7.64. The molecule has 0 saturated heterocycles. The highest BCUT2D eigenvalue weighted by atomic mass is 35.5. The van der Waals surface area contributed by atoms with E-state index < -0.39 is 0 Å². The summed E-state index contributed by atoms with van der Waals surface area (Å²) in [5.74, 6) is 0.365. The molecule has 3 rings (SSSR count). The van der Waals surface area contributed by atoms with Crippen molar-refractivity contribution in [2.24, 2.45) is 5.92 Å². The number of carbonyl (C=O) groups excluding carboxylic acids is 2. The third-order valence-electron chi connectivity index (χ3n) is 3.65. The van der Waals surface area contributed by atoms with Crippen LogP contribution in [-0.2, 0) is 9.59 Å². The molecule has 0 heterocycles. The van der Waals surface area contributed by atoms with Gasteiger partial charge in [0.15, 0.2) is 0 Å². The van der Waals surface area contributed by atoms with Gasteiger partial charge in [-0.15, -0.1) is 11.8 Å². The zero-order valence-electron chi connectivity index (χ0n) is 13.2. The van der Waals surface area contributed by atoms with Crippen molar-refractivity contribution in [2.75, 3.05) is 16.4 Å². The fraction of sp³-hybridized carbons (Fsp3) is 0.222. The molecule has 7 heteroatoms. The normalized spacial score (nSPS) is 13.4. The summed E-state index contributed by atoms with van der Waals surface area (Å²) in [5, 5.41) is 6.57. The van der Waals surface area contributed by atoms with Crippen LogP contribution in [0.25, 0.3) is 0 Å². The van der Waals surface area contributed by atoms with E-state index >= 15 is 0 Å². The van der Waals surface area contributed by atoms with E-state index in [0.29, 0.717) is 15.7 Å². The Morgan fingerprint density at radius 2 is 1.76 bits per heavy atom. The van der Waals surface area contributed by atoms with Crippen LogP contribution in [0, 0.1) is 5.92 Å². The van der Waals surface area contributed by atoms with E-state index in [2.05, 4.69) is 10.6 Å². The lowest BCUT2D eigenvalue weighted by Gasteiger charge is -2.08. The Hall–Kier alpha value is -1.69. The van der Waals surface area contributed by atoms with Crippen LogP contribution in [-0.4, -0.2) is 17.6 Å². The molecule has 0 radical (unpaired) electrons. The molecule has 25 heavy (non-hydrogen) atoms. The molecule has 1 saturated carbocycles. The van der Waals surface area contributed by atoms with Gasteiger partial charge in [0.2, 0.25) is 11.8 Å². The zero-order valence-corrected chi connectivity index (χ0v) is 15.5. The van der Waals surface area contributed by atoms with Crippen molar-refractivity contribution in [1.82, 2.24) is 0 Å². The Kier molecular flexibility index (Phi) is 5.89. The van der Waals surface area contributed by atoms with Gasteiger partial charge in [-0.1, -0.05) is 23.2 Å². The van der Waals surface area contributed by atoms with E-state index in [1.807, 2.05) is 24.3 Å². The average Bonchev–Trinajstić information content (AvgIpc) is 3.42. The summed E-state index contributed by atoms with van der Waals surface area (Å²) < 4.78 is 0. The Bertz CT molecular complexity index is 792. The molecule has 1 fully saturated rings. The second kappa shape index (κ2) is 8.13. The van der Waals surface area contributed by atoms with Crippen LogP contribution in [0.2, 0.25) is 10.0 Å². The summed E-state index contributed by atoms with van der Waals surface area (Å²) in [7, 11) is 0. The van der Waals surface area contributed by atoms with E-state index in [0.717, 1.165) is 23.4 Å². The van der Waals surface area contributed by atoms with Crippen LogP contribution in [0.5, 0.6) is 0 Å². The average molecular weight is 395 g/mol. The molecular formula is C18H16Cl2N2O2S. The second-order valence-electron chi connectivity index (χ2n) is 5.75. The van der Waals surface area contributed by atoms with Crippen molar-refractivity contribution < 1.29 is 9.59 Å². The zero-order chi connectivity index (χ0) is 17.8. The van der Waals surface area contributed by atoms with Gasteiger partial charge >= 0.3 is 0 Å². The Balaban J connectivity index is 1.49. The van der Waals surface area contributed by atoms with Crippen molar-refractivity contribution >= 4 is 58.2 Å². The number of amides is 2. The maximum absolute atomic E-state index is 12.0. The predicted molar refractivity (Wildman–Crippen MR) is 104 cm³/mol. The molecule has 0 spiro atoms. The lowest BCUT2D eigenvalue weighted by atomic mass is 10.3. The quantitative estimate of drug-likeness (QED) is 0.672. The van der Waals surface area contributed by atoms with E-state index in [1.54, 1.807) is 18.2 Å². The number of thioether (sulfide) groups is 1. The molecule has 2 aromatic rings. The molecule has 2 aromatic carbocycles. The van der Waals surface area contributed by atoms with Crippen molar-refractivity contribution in [1.29, 1.82) is 0 Å². The monoisotopic (exact) mass is 394 g/mol. The van der Waals surface area contributed by atoms with Crippen LogP contribution in [0.4, 0.5) is 11.4 Å². The van der Waals surface area contributed by atoms with Gasteiger partial charge in [0.1, 0.15) is 0 Å². The summed E-state index contributed by atoms with van der Waals surface area (Å²) in [6.45, 7) is 0. The van der Waals surface area contributed by atoms with Gasteiger partial charge < -0.3 is 10.6 Å². The first-order chi connectivity index (χ1) is 12.0. The standard InChI is InChI=1S/C18H16Cl2N2O2S/c19-12-3-8-16(15(20)9-12)22-17(23)10-25-14-6-4-13(5-7-14)21-18(24)11-1-2-11/h3-9,11H,1-2,10H2,(H,21,24)(H,22,23). The maximum Gasteiger partial charge on any atom is 0.234 e. The van der Waals surface area contributed by atoms with E-state index in [-0.39, 0.29) is 23.5 Å². The molecule has 0 aliphatic heterocycles. The highest BCUT2D eigenvalue weighted by Gasteiger charge is 2.29. The molecule has 4 nitrogen and oxygen atoms in total. The van der Waals surface area contributed by atoms with Gasteiger partial charge in [-0.25, -0.2) is 0 Å². The highest BCUT2D eigenvalue weighted by molar-refractivity contribution is 8.00.